The molecule has 0 unspecified atom stereocenters. The minimum atomic E-state index is -0.168. The lowest BCUT2D eigenvalue weighted by Crippen LogP contribution is -2.41. The Kier molecular flexibility index (Phi) is 4.90. The third kappa shape index (κ3) is 4.30. The first kappa shape index (κ1) is 14.6. The number of halogens is 1. The van der Waals surface area contributed by atoms with Crippen molar-refractivity contribution in [2.24, 2.45) is 0 Å². The maximum Gasteiger partial charge on any atom is 0.123 e. The van der Waals surface area contributed by atoms with E-state index >= 15 is 0 Å². The van der Waals surface area contributed by atoms with E-state index in [4.69, 9.17) is 0 Å². The number of nitrogens with one attached hydrogen (secondary N) is 1. The van der Waals surface area contributed by atoms with Crippen LogP contribution in [0.2, 0.25) is 0 Å². The monoisotopic (exact) mass is 306 g/mol. The molecule has 1 saturated heterocycles. The molecule has 4 nitrogen and oxygen atoms in total. The van der Waals surface area contributed by atoms with Gasteiger partial charge in [-0.15, -0.1) is 0 Å². The van der Waals surface area contributed by atoms with Crippen molar-refractivity contribution in [3.63, 3.8) is 0 Å². The molecule has 1 N–H and O–H groups in total. The zero-order valence-corrected chi connectivity index (χ0v) is 12.7. The molecule has 0 bridgehead atoms. The number of hydrogen-bond donors (Lipinski definition) is 1. The van der Waals surface area contributed by atoms with Gasteiger partial charge in [0.05, 0.1) is 23.6 Å². The van der Waals surface area contributed by atoms with Crippen LogP contribution < -0.4 is 5.32 Å². The number of piperidine rings is 1. The van der Waals surface area contributed by atoms with E-state index in [1.165, 1.54) is 29.4 Å². The number of nitrogens with zero attached hydrogens (tertiary/aromatic N) is 3. The summed E-state index contributed by atoms with van der Waals surface area (Å²) in [5.74, 6) is -0.168. The molecule has 112 valence electrons. The lowest BCUT2D eigenvalue weighted by Gasteiger charge is -2.32. The molecule has 1 aliphatic heterocycles. The van der Waals surface area contributed by atoms with Crippen molar-refractivity contribution in [1.29, 1.82) is 0 Å². The number of benzene rings is 1. The van der Waals surface area contributed by atoms with Gasteiger partial charge < -0.3 is 5.32 Å². The Bertz CT molecular complexity index is 535. The lowest BCUT2D eigenvalue weighted by atomic mass is 10.0. The summed E-state index contributed by atoms with van der Waals surface area (Å²) >= 11 is 1.25. The molecule has 0 spiro atoms. The molecule has 1 aliphatic rings. The summed E-state index contributed by atoms with van der Waals surface area (Å²) in [6.45, 7) is 3.86. The fraction of sp³-hybridized carbons (Fsp3) is 0.467. The van der Waals surface area contributed by atoms with Crippen molar-refractivity contribution < 1.29 is 4.39 Å². The van der Waals surface area contributed by atoms with Gasteiger partial charge in [-0.25, -0.2) is 4.39 Å². The van der Waals surface area contributed by atoms with Gasteiger partial charge >= 0.3 is 0 Å². The van der Waals surface area contributed by atoms with Crippen LogP contribution in [0, 0.1) is 5.82 Å². The largest absolute Gasteiger partial charge is 0.308 e. The van der Waals surface area contributed by atoms with E-state index in [0.717, 1.165) is 44.7 Å². The maximum atomic E-state index is 12.9. The predicted octanol–water partition coefficient (Wildman–Crippen LogP) is 2.43. The highest BCUT2D eigenvalue weighted by Crippen LogP contribution is 2.14. The predicted molar refractivity (Wildman–Crippen MR) is 81.4 cm³/mol. The lowest BCUT2D eigenvalue weighted by molar-refractivity contribution is 0.190. The van der Waals surface area contributed by atoms with Gasteiger partial charge in [0.2, 0.25) is 0 Å². The highest BCUT2D eigenvalue weighted by atomic mass is 32.1. The van der Waals surface area contributed by atoms with Crippen molar-refractivity contribution in [3.8, 4) is 0 Å². The molecule has 1 fully saturated rings. The molecule has 0 radical (unpaired) electrons. The van der Waals surface area contributed by atoms with E-state index in [2.05, 4.69) is 19.0 Å². The summed E-state index contributed by atoms with van der Waals surface area (Å²) in [5.41, 5.74) is 2.20. The fourth-order valence-electron chi connectivity index (χ4n) is 2.65. The van der Waals surface area contributed by atoms with Crippen LogP contribution >= 0.6 is 11.7 Å². The first-order valence-electron chi connectivity index (χ1n) is 7.26. The van der Waals surface area contributed by atoms with Crippen LogP contribution in [0.5, 0.6) is 0 Å². The zero-order valence-electron chi connectivity index (χ0n) is 11.8. The highest BCUT2D eigenvalue weighted by molar-refractivity contribution is 6.99. The summed E-state index contributed by atoms with van der Waals surface area (Å²) in [6, 6.07) is 7.36. The van der Waals surface area contributed by atoms with E-state index in [1.807, 2.05) is 18.3 Å². The highest BCUT2D eigenvalue weighted by Gasteiger charge is 2.18. The summed E-state index contributed by atoms with van der Waals surface area (Å²) in [5, 5.41) is 3.54. The molecular weight excluding hydrogens is 287 g/mol. The minimum Gasteiger partial charge on any atom is -0.308 e. The molecule has 2 heterocycles. The number of aromatic nitrogens is 2. The maximum absolute atomic E-state index is 12.9. The van der Waals surface area contributed by atoms with Gasteiger partial charge in [-0.05, 0) is 43.6 Å². The van der Waals surface area contributed by atoms with E-state index < -0.39 is 0 Å². The molecule has 0 aliphatic carbocycles. The Balaban J connectivity index is 1.41. The second-order valence-corrected chi connectivity index (χ2v) is 6.01. The average molecular weight is 306 g/mol. The molecule has 0 saturated carbocycles. The Morgan fingerprint density at radius 1 is 1.24 bits per heavy atom. The number of likely N-dealkylation sites (tertiary alicyclic amines) is 1. The summed E-state index contributed by atoms with van der Waals surface area (Å²) in [4.78, 5) is 2.43. The normalized spacial score (nSPS) is 17.2. The third-order valence-electron chi connectivity index (χ3n) is 3.89. The number of hydrogen-bond acceptors (Lipinski definition) is 5. The van der Waals surface area contributed by atoms with E-state index in [9.17, 15) is 4.39 Å². The van der Waals surface area contributed by atoms with Crippen LogP contribution in [0.15, 0.2) is 30.5 Å². The molecular formula is C15H19FN4S. The molecule has 6 heteroatoms. The van der Waals surface area contributed by atoms with Crippen molar-refractivity contribution >= 4 is 11.7 Å². The fourth-order valence-corrected chi connectivity index (χ4v) is 3.09. The van der Waals surface area contributed by atoms with Crippen molar-refractivity contribution in [2.75, 3.05) is 13.1 Å². The van der Waals surface area contributed by atoms with Crippen LogP contribution in [-0.2, 0) is 13.1 Å². The Labute approximate surface area is 128 Å². The molecule has 1 aromatic carbocycles. The van der Waals surface area contributed by atoms with Gasteiger partial charge in [-0.2, -0.15) is 8.75 Å². The molecule has 2 aromatic rings. The number of rotatable bonds is 5. The van der Waals surface area contributed by atoms with Crippen LogP contribution in [0.3, 0.4) is 0 Å². The van der Waals surface area contributed by atoms with Gasteiger partial charge in [-0.1, -0.05) is 12.1 Å². The molecule has 3 rings (SSSR count). The van der Waals surface area contributed by atoms with Gasteiger partial charge in [0.25, 0.3) is 0 Å². The van der Waals surface area contributed by atoms with Gasteiger partial charge in [0, 0.05) is 19.1 Å². The minimum absolute atomic E-state index is 0.168. The van der Waals surface area contributed by atoms with Gasteiger partial charge in [0.1, 0.15) is 5.82 Å². The van der Waals surface area contributed by atoms with Crippen molar-refractivity contribution in [1.82, 2.24) is 19.0 Å². The third-order valence-corrected chi connectivity index (χ3v) is 4.40. The van der Waals surface area contributed by atoms with Crippen molar-refractivity contribution in [3.05, 3.63) is 47.5 Å². The quantitative estimate of drug-likeness (QED) is 0.921. The average Bonchev–Trinajstić information content (AvgIpc) is 3.02. The summed E-state index contributed by atoms with van der Waals surface area (Å²) in [7, 11) is 0. The van der Waals surface area contributed by atoms with Gasteiger partial charge in [-0.3, -0.25) is 4.90 Å². The van der Waals surface area contributed by atoms with Crippen LogP contribution in [0.4, 0.5) is 4.39 Å². The smallest absolute Gasteiger partial charge is 0.123 e. The van der Waals surface area contributed by atoms with Gasteiger partial charge in [0.15, 0.2) is 0 Å². The van der Waals surface area contributed by atoms with E-state index in [-0.39, 0.29) is 5.82 Å². The zero-order chi connectivity index (χ0) is 14.5. The van der Waals surface area contributed by atoms with Crippen LogP contribution in [0.25, 0.3) is 0 Å². The molecule has 0 amide bonds. The Hall–Kier alpha value is -1.37. The molecule has 1 aromatic heterocycles. The Morgan fingerprint density at radius 3 is 2.67 bits per heavy atom. The SMILES string of the molecule is Fc1ccc(CN2CCC(NCc3cnsn3)CC2)cc1. The summed E-state index contributed by atoms with van der Waals surface area (Å²) < 4.78 is 21.1. The molecule has 21 heavy (non-hydrogen) atoms. The van der Waals surface area contributed by atoms with E-state index in [1.54, 1.807) is 0 Å². The topological polar surface area (TPSA) is 41.0 Å². The first-order chi connectivity index (χ1) is 10.3. The van der Waals surface area contributed by atoms with Crippen LogP contribution in [0.1, 0.15) is 24.1 Å². The van der Waals surface area contributed by atoms with Crippen molar-refractivity contribution in [2.45, 2.75) is 32.0 Å². The summed E-state index contributed by atoms with van der Waals surface area (Å²) in [6.07, 6.45) is 4.10. The standard InChI is InChI=1S/C15H19FN4S/c16-13-3-1-12(2-4-13)11-20-7-5-14(6-8-20)17-9-15-10-18-21-19-15/h1-4,10,14,17H,5-9,11H2. The Morgan fingerprint density at radius 2 is 2.00 bits per heavy atom. The van der Waals surface area contributed by atoms with Crippen LogP contribution in [-0.4, -0.2) is 32.8 Å². The second-order valence-electron chi connectivity index (χ2n) is 5.46. The second kappa shape index (κ2) is 7.06. The first-order valence-corrected chi connectivity index (χ1v) is 7.99. The van der Waals surface area contributed by atoms with E-state index in [0.29, 0.717) is 6.04 Å². The molecule has 0 atom stereocenters.